The highest BCUT2D eigenvalue weighted by Gasteiger charge is 2.39. The molecule has 0 bridgehead atoms. The molecule has 2 aliphatic rings. The van der Waals surface area contributed by atoms with Crippen molar-refractivity contribution in [3.05, 3.63) is 35.3 Å². The van der Waals surface area contributed by atoms with Gasteiger partial charge in [0.15, 0.2) is 0 Å². The van der Waals surface area contributed by atoms with Crippen molar-refractivity contribution < 1.29 is 9.53 Å². The van der Waals surface area contributed by atoms with Gasteiger partial charge >= 0.3 is 0 Å². The summed E-state index contributed by atoms with van der Waals surface area (Å²) in [4.78, 5) is 20.2. The molecule has 5 nitrogen and oxygen atoms in total. The molecule has 27 heavy (non-hydrogen) atoms. The van der Waals surface area contributed by atoms with Gasteiger partial charge in [0, 0.05) is 24.0 Å². The number of carbonyl (C=O) groups excluding carboxylic acids is 1. The standard InChI is InChI=1S/C20H25N3O2S.ClH/c1-25-17-5-3-2-4-16(17)19-22-12-15(26-19)13-23-14-20(7-6-18(23)24)8-10-21-11-9-20;/h2-5,12,21H,6-11,13-14H2,1H3;1H. The van der Waals surface area contributed by atoms with Crippen molar-refractivity contribution in [2.75, 3.05) is 26.7 Å². The third-order valence-corrected chi connectivity index (χ3v) is 6.67. The van der Waals surface area contributed by atoms with Crippen molar-refractivity contribution in [1.29, 1.82) is 0 Å². The molecule has 1 spiro atoms. The first-order valence-electron chi connectivity index (χ1n) is 9.26. The second-order valence-electron chi connectivity index (χ2n) is 7.33. The van der Waals surface area contributed by atoms with Gasteiger partial charge in [0.25, 0.3) is 0 Å². The van der Waals surface area contributed by atoms with Crippen LogP contribution in [0.2, 0.25) is 0 Å². The molecule has 0 atom stereocenters. The summed E-state index contributed by atoms with van der Waals surface area (Å²) in [6.45, 7) is 3.69. The maximum atomic E-state index is 12.5. The average Bonchev–Trinajstić information content (AvgIpc) is 3.14. The fourth-order valence-corrected chi connectivity index (χ4v) is 5.08. The number of thiazole rings is 1. The zero-order chi connectivity index (χ0) is 18.0. The van der Waals surface area contributed by atoms with Gasteiger partial charge in [0.2, 0.25) is 5.91 Å². The summed E-state index contributed by atoms with van der Waals surface area (Å²) >= 11 is 1.65. The number of hydrogen-bond acceptors (Lipinski definition) is 5. The number of rotatable bonds is 4. The number of halogens is 1. The summed E-state index contributed by atoms with van der Waals surface area (Å²) < 4.78 is 5.45. The zero-order valence-electron chi connectivity index (χ0n) is 15.6. The molecular weight excluding hydrogens is 382 g/mol. The van der Waals surface area contributed by atoms with Gasteiger partial charge in [-0.05, 0) is 49.9 Å². The predicted octanol–water partition coefficient (Wildman–Crippen LogP) is 3.73. The van der Waals surface area contributed by atoms with Crippen LogP contribution in [0.4, 0.5) is 0 Å². The normalized spacial score (nSPS) is 19.0. The van der Waals surface area contributed by atoms with E-state index in [-0.39, 0.29) is 18.3 Å². The highest BCUT2D eigenvalue weighted by molar-refractivity contribution is 7.15. The number of benzene rings is 1. The average molecular weight is 408 g/mol. The minimum Gasteiger partial charge on any atom is -0.496 e. The van der Waals surface area contributed by atoms with Crippen LogP contribution in [0.3, 0.4) is 0 Å². The smallest absolute Gasteiger partial charge is 0.222 e. The molecular formula is C20H26ClN3O2S. The summed E-state index contributed by atoms with van der Waals surface area (Å²) in [6.07, 6.45) is 5.97. The fraction of sp³-hybridized carbons (Fsp3) is 0.500. The Morgan fingerprint density at radius 3 is 2.81 bits per heavy atom. The van der Waals surface area contributed by atoms with Crippen LogP contribution < -0.4 is 10.1 Å². The number of carbonyl (C=O) groups is 1. The number of hydrogen-bond donors (Lipinski definition) is 1. The zero-order valence-corrected chi connectivity index (χ0v) is 17.2. The van der Waals surface area contributed by atoms with Crippen molar-refractivity contribution in [3.63, 3.8) is 0 Å². The van der Waals surface area contributed by atoms with Crippen LogP contribution in [0.1, 0.15) is 30.6 Å². The van der Waals surface area contributed by atoms with Crippen molar-refractivity contribution >= 4 is 29.7 Å². The van der Waals surface area contributed by atoms with Gasteiger partial charge in [-0.1, -0.05) is 12.1 Å². The molecule has 2 fully saturated rings. The van der Waals surface area contributed by atoms with Crippen molar-refractivity contribution in [2.45, 2.75) is 32.2 Å². The van der Waals surface area contributed by atoms with E-state index in [1.807, 2.05) is 35.4 Å². The number of methoxy groups -OCH3 is 1. The Bertz CT molecular complexity index is 789. The van der Waals surface area contributed by atoms with Gasteiger partial charge in [-0.25, -0.2) is 4.98 Å². The number of likely N-dealkylation sites (tertiary alicyclic amines) is 1. The van der Waals surface area contributed by atoms with Crippen molar-refractivity contribution in [2.24, 2.45) is 5.41 Å². The number of aromatic nitrogens is 1. The predicted molar refractivity (Wildman–Crippen MR) is 111 cm³/mol. The van der Waals surface area contributed by atoms with Crippen LogP contribution in [-0.4, -0.2) is 42.5 Å². The maximum absolute atomic E-state index is 12.5. The molecule has 0 radical (unpaired) electrons. The lowest BCUT2D eigenvalue weighted by Gasteiger charge is -2.45. The molecule has 2 saturated heterocycles. The van der Waals surface area contributed by atoms with E-state index in [2.05, 4.69) is 10.3 Å². The molecule has 2 aromatic rings. The first kappa shape index (κ1) is 20.1. The molecule has 1 N–H and O–H groups in total. The molecule has 146 valence electrons. The second kappa shape index (κ2) is 8.59. The van der Waals surface area contributed by atoms with Crippen LogP contribution in [0.15, 0.2) is 30.5 Å². The minimum atomic E-state index is 0. The summed E-state index contributed by atoms with van der Waals surface area (Å²) in [5.74, 6) is 1.11. The first-order valence-corrected chi connectivity index (χ1v) is 10.1. The quantitative estimate of drug-likeness (QED) is 0.838. The van der Waals surface area contributed by atoms with Gasteiger partial charge in [0.1, 0.15) is 10.8 Å². The van der Waals surface area contributed by atoms with E-state index in [1.54, 1.807) is 18.4 Å². The van der Waals surface area contributed by atoms with Crippen LogP contribution >= 0.6 is 23.7 Å². The van der Waals surface area contributed by atoms with E-state index >= 15 is 0 Å². The number of nitrogens with zero attached hydrogens (tertiary/aromatic N) is 2. The number of amides is 1. The summed E-state index contributed by atoms with van der Waals surface area (Å²) in [7, 11) is 1.68. The third-order valence-electron chi connectivity index (χ3n) is 5.65. The lowest BCUT2D eigenvalue weighted by molar-refractivity contribution is -0.139. The molecule has 2 aliphatic heterocycles. The Labute approximate surface area is 170 Å². The fourth-order valence-electron chi connectivity index (χ4n) is 4.13. The van der Waals surface area contributed by atoms with Gasteiger partial charge in [-0.2, -0.15) is 0 Å². The van der Waals surface area contributed by atoms with E-state index in [0.717, 1.165) is 47.3 Å². The summed E-state index contributed by atoms with van der Waals surface area (Å²) in [6, 6.07) is 7.93. The van der Waals surface area contributed by atoms with Gasteiger partial charge < -0.3 is 15.0 Å². The first-order chi connectivity index (χ1) is 12.7. The van der Waals surface area contributed by atoms with E-state index in [1.165, 1.54) is 12.8 Å². The Morgan fingerprint density at radius 2 is 2.04 bits per heavy atom. The molecule has 1 aromatic carbocycles. The van der Waals surface area contributed by atoms with E-state index in [9.17, 15) is 4.79 Å². The van der Waals surface area contributed by atoms with E-state index < -0.39 is 0 Å². The number of para-hydroxylation sites is 1. The van der Waals surface area contributed by atoms with E-state index in [0.29, 0.717) is 18.4 Å². The van der Waals surface area contributed by atoms with Crippen LogP contribution in [0.25, 0.3) is 10.6 Å². The molecule has 3 heterocycles. The lowest BCUT2D eigenvalue weighted by Crippen LogP contribution is -2.50. The van der Waals surface area contributed by atoms with Crippen LogP contribution in [0, 0.1) is 5.41 Å². The highest BCUT2D eigenvalue weighted by atomic mass is 35.5. The van der Waals surface area contributed by atoms with Gasteiger partial charge in [-0.15, -0.1) is 23.7 Å². The lowest BCUT2D eigenvalue weighted by atomic mass is 9.73. The number of ether oxygens (including phenoxy) is 1. The molecule has 1 aromatic heterocycles. The number of nitrogens with one attached hydrogen (secondary N) is 1. The monoisotopic (exact) mass is 407 g/mol. The van der Waals surface area contributed by atoms with Gasteiger partial charge in [-0.3, -0.25) is 4.79 Å². The molecule has 0 aliphatic carbocycles. The molecule has 1 amide bonds. The SMILES string of the molecule is COc1ccccc1-c1ncc(CN2CC3(CCNCC3)CCC2=O)s1.Cl. The van der Waals surface area contributed by atoms with Crippen molar-refractivity contribution in [1.82, 2.24) is 15.2 Å². The second-order valence-corrected chi connectivity index (χ2v) is 8.45. The third kappa shape index (κ3) is 4.28. The molecule has 0 saturated carbocycles. The molecule has 7 heteroatoms. The van der Waals surface area contributed by atoms with Crippen LogP contribution in [-0.2, 0) is 11.3 Å². The van der Waals surface area contributed by atoms with Gasteiger partial charge in [0.05, 0.1) is 19.2 Å². The summed E-state index contributed by atoms with van der Waals surface area (Å²) in [5, 5.41) is 4.38. The maximum Gasteiger partial charge on any atom is 0.222 e. The topological polar surface area (TPSA) is 54.5 Å². The Balaban J connectivity index is 0.00000210. The molecule has 0 unspecified atom stereocenters. The largest absolute Gasteiger partial charge is 0.496 e. The minimum absolute atomic E-state index is 0. The Morgan fingerprint density at radius 1 is 1.26 bits per heavy atom. The number of piperidine rings is 2. The van der Waals surface area contributed by atoms with Crippen LogP contribution in [0.5, 0.6) is 5.75 Å². The Hall–Kier alpha value is -1.63. The van der Waals surface area contributed by atoms with Crippen molar-refractivity contribution in [3.8, 4) is 16.3 Å². The Kier molecular flexibility index (Phi) is 6.40. The summed E-state index contributed by atoms with van der Waals surface area (Å²) in [5.41, 5.74) is 1.32. The highest BCUT2D eigenvalue weighted by Crippen LogP contribution is 2.39. The molecule has 4 rings (SSSR count). The van der Waals surface area contributed by atoms with E-state index in [4.69, 9.17) is 4.74 Å².